The van der Waals surface area contributed by atoms with Crippen LogP contribution in [0.2, 0.25) is 0 Å². The third kappa shape index (κ3) is 3.41. The summed E-state index contributed by atoms with van der Waals surface area (Å²) < 4.78 is 32.3. The summed E-state index contributed by atoms with van der Waals surface area (Å²) in [6.45, 7) is 0.239. The molecular weight excluding hydrogens is 444 g/mol. The SMILES string of the molecule is O=S(=O)(c1cccc2cccnc12)N1Cc2ccccc2-n2ccnc2[C@H]1Cc1ccccc1. The summed E-state index contributed by atoms with van der Waals surface area (Å²) in [4.78, 5) is 9.29. The number of benzene rings is 3. The second-order valence-corrected chi connectivity index (χ2v) is 10.2. The van der Waals surface area contributed by atoms with E-state index in [9.17, 15) is 8.42 Å². The number of nitrogens with zero attached hydrogens (tertiary/aromatic N) is 4. The van der Waals surface area contributed by atoms with Gasteiger partial charge in [-0.05, 0) is 35.7 Å². The van der Waals surface area contributed by atoms with Crippen LogP contribution in [-0.2, 0) is 23.0 Å². The fraction of sp³-hybridized carbons (Fsp3) is 0.111. The Hall–Kier alpha value is -3.81. The first kappa shape index (κ1) is 20.8. The van der Waals surface area contributed by atoms with Crippen LogP contribution < -0.4 is 0 Å². The van der Waals surface area contributed by atoms with Gasteiger partial charge in [-0.3, -0.25) is 4.98 Å². The highest BCUT2D eigenvalue weighted by atomic mass is 32.2. The highest BCUT2D eigenvalue weighted by molar-refractivity contribution is 7.89. The summed E-state index contributed by atoms with van der Waals surface area (Å²) in [5, 5.41) is 0.792. The minimum atomic E-state index is -3.93. The van der Waals surface area contributed by atoms with Crippen LogP contribution >= 0.6 is 0 Å². The summed E-state index contributed by atoms with van der Waals surface area (Å²) in [7, 11) is -3.93. The molecule has 1 atom stereocenters. The first-order chi connectivity index (χ1) is 16.6. The van der Waals surface area contributed by atoms with Gasteiger partial charge in [-0.1, -0.05) is 66.7 Å². The van der Waals surface area contributed by atoms with Gasteiger partial charge in [0.1, 0.15) is 10.7 Å². The molecule has 168 valence electrons. The zero-order chi connectivity index (χ0) is 23.1. The molecule has 2 aromatic heterocycles. The molecule has 0 fully saturated rings. The van der Waals surface area contributed by atoms with Crippen molar-refractivity contribution in [3.8, 4) is 5.69 Å². The van der Waals surface area contributed by atoms with Crippen molar-refractivity contribution in [2.45, 2.75) is 23.9 Å². The average Bonchev–Trinajstić information content (AvgIpc) is 3.31. The van der Waals surface area contributed by atoms with Crippen LogP contribution in [-0.4, -0.2) is 27.3 Å². The molecule has 0 aliphatic carbocycles. The van der Waals surface area contributed by atoms with Crippen molar-refractivity contribution in [3.05, 3.63) is 120 Å². The maximum Gasteiger partial charge on any atom is 0.246 e. The van der Waals surface area contributed by atoms with Gasteiger partial charge in [0.2, 0.25) is 10.0 Å². The predicted octanol–water partition coefficient (Wildman–Crippen LogP) is 4.91. The second kappa shape index (κ2) is 8.20. The first-order valence-corrected chi connectivity index (χ1v) is 12.6. The quantitative estimate of drug-likeness (QED) is 0.377. The van der Waals surface area contributed by atoms with Crippen molar-refractivity contribution >= 4 is 20.9 Å². The number of aromatic nitrogens is 3. The molecule has 0 saturated carbocycles. The summed E-state index contributed by atoms with van der Waals surface area (Å²) in [6.07, 6.45) is 5.78. The van der Waals surface area contributed by atoms with E-state index in [1.165, 1.54) is 0 Å². The predicted molar refractivity (Wildman–Crippen MR) is 131 cm³/mol. The van der Waals surface area contributed by atoms with Gasteiger partial charge in [0.15, 0.2) is 0 Å². The van der Waals surface area contributed by atoms with Crippen LogP contribution in [0.1, 0.15) is 23.0 Å². The Morgan fingerprint density at radius 2 is 1.62 bits per heavy atom. The monoisotopic (exact) mass is 466 g/mol. The molecular formula is C27H22N4O2S. The summed E-state index contributed by atoms with van der Waals surface area (Å²) in [6, 6.07) is 26.4. The minimum Gasteiger partial charge on any atom is -0.302 e. The van der Waals surface area contributed by atoms with Crippen LogP contribution in [0.15, 0.2) is 108 Å². The van der Waals surface area contributed by atoms with Crippen molar-refractivity contribution in [1.82, 2.24) is 18.8 Å². The molecule has 3 heterocycles. The van der Waals surface area contributed by atoms with E-state index in [1.807, 2.05) is 83.6 Å². The summed E-state index contributed by atoms with van der Waals surface area (Å²) >= 11 is 0. The molecule has 0 amide bonds. The zero-order valence-electron chi connectivity index (χ0n) is 18.3. The van der Waals surface area contributed by atoms with Gasteiger partial charge in [-0.15, -0.1) is 0 Å². The lowest BCUT2D eigenvalue weighted by atomic mass is 10.1. The van der Waals surface area contributed by atoms with Crippen LogP contribution in [0.25, 0.3) is 16.6 Å². The Balaban J connectivity index is 1.58. The molecule has 0 radical (unpaired) electrons. The van der Waals surface area contributed by atoms with E-state index in [0.717, 1.165) is 22.2 Å². The number of hydrogen-bond donors (Lipinski definition) is 0. The highest BCUT2D eigenvalue weighted by Gasteiger charge is 2.38. The van der Waals surface area contributed by atoms with Crippen LogP contribution in [0.4, 0.5) is 0 Å². The molecule has 34 heavy (non-hydrogen) atoms. The third-order valence-electron chi connectivity index (χ3n) is 6.35. The standard InChI is InChI=1S/C27H22N4O2S/c32-34(33,25-14-6-11-21-12-7-15-28-26(21)25)31-19-22-10-4-5-13-23(22)30-17-16-29-27(30)24(31)18-20-8-2-1-3-9-20/h1-17,24H,18-19H2/t24-/m1/s1. The second-order valence-electron chi connectivity index (χ2n) is 8.37. The molecule has 6 rings (SSSR count). The number of rotatable bonds is 4. The Morgan fingerprint density at radius 1 is 0.824 bits per heavy atom. The molecule has 6 nitrogen and oxygen atoms in total. The smallest absolute Gasteiger partial charge is 0.246 e. The van der Waals surface area contributed by atoms with E-state index in [0.29, 0.717) is 17.8 Å². The van der Waals surface area contributed by atoms with Crippen LogP contribution in [0, 0.1) is 0 Å². The number of para-hydroxylation sites is 2. The number of pyridine rings is 1. The number of hydrogen-bond acceptors (Lipinski definition) is 4. The Bertz CT molecular complexity index is 1590. The maximum atomic E-state index is 14.3. The van der Waals surface area contributed by atoms with Gasteiger partial charge in [0.05, 0.1) is 17.2 Å². The summed E-state index contributed by atoms with van der Waals surface area (Å²) in [5.41, 5.74) is 3.39. The molecule has 5 aromatic rings. The topological polar surface area (TPSA) is 68.1 Å². The third-order valence-corrected chi connectivity index (χ3v) is 8.23. The van der Waals surface area contributed by atoms with Crippen molar-refractivity contribution < 1.29 is 8.42 Å². The largest absolute Gasteiger partial charge is 0.302 e. The van der Waals surface area contributed by atoms with Crippen LogP contribution in [0.5, 0.6) is 0 Å². The van der Waals surface area contributed by atoms with Gasteiger partial charge < -0.3 is 4.57 Å². The molecule has 0 spiro atoms. The van der Waals surface area contributed by atoms with Gasteiger partial charge in [-0.2, -0.15) is 4.31 Å². The lowest BCUT2D eigenvalue weighted by Gasteiger charge is -2.29. The van der Waals surface area contributed by atoms with Crippen molar-refractivity contribution in [1.29, 1.82) is 0 Å². The van der Waals surface area contributed by atoms with Crippen LogP contribution in [0.3, 0.4) is 0 Å². The highest BCUT2D eigenvalue weighted by Crippen LogP contribution is 2.38. The van der Waals surface area contributed by atoms with Gasteiger partial charge in [-0.25, -0.2) is 13.4 Å². The van der Waals surface area contributed by atoms with Gasteiger partial charge in [0, 0.05) is 30.5 Å². The molecule has 1 aliphatic heterocycles. The fourth-order valence-corrected chi connectivity index (χ4v) is 6.48. The van der Waals surface area contributed by atoms with E-state index in [-0.39, 0.29) is 11.4 Å². The Morgan fingerprint density at radius 3 is 2.50 bits per heavy atom. The Labute approximate surface area is 198 Å². The molecule has 3 aromatic carbocycles. The van der Waals surface area contributed by atoms with Crippen molar-refractivity contribution in [3.63, 3.8) is 0 Å². The molecule has 7 heteroatoms. The zero-order valence-corrected chi connectivity index (χ0v) is 19.1. The Kier molecular flexibility index (Phi) is 5.01. The normalized spacial score (nSPS) is 16.1. The minimum absolute atomic E-state index is 0.209. The molecule has 1 aliphatic rings. The molecule has 0 unspecified atom stereocenters. The van der Waals surface area contributed by atoms with Gasteiger partial charge >= 0.3 is 0 Å². The molecule has 0 bridgehead atoms. The lowest BCUT2D eigenvalue weighted by molar-refractivity contribution is 0.309. The first-order valence-electron chi connectivity index (χ1n) is 11.1. The average molecular weight is 467 g/mol. The van der Waals surface area contributed by atoms with E-state index in [4.69, 9.17) is 0 Å². The van der Waals surface area contributed by atoms with Crippen molar-refractivity contribution in [2.24, 2.45) is 0 Å². The van der Waals surface area contributed by atoms with E-state index in [1.54, 1.807) is 28.8 Å². The van der Waals surface area contributed by atoms with E-state index >= 15 is 0 Å². The lowest BCUT2D eigenvalue weighted by Crippen LogP contribution is -2.35. The number of fused-ring (bicyclic) bond motifs is 4. The maximum absolute atomic E-state index is 14.3. The molecule has 0 N–H and O–H groups in total. The summed E-state index contributed by atoms with van der Waals surface area (Å²) in [5.74, 6) is 0.700. The van der Waals surface area contributed by atoms with Crippen molar-refractivity contribution in [2.75, 3.05) is 0 Å². The number of sulfonamides is 1. The fourth-order valence-electron chi connectivity index (χ4n) is 4.75. The van der Waals surface area contributed by atoms with E-state index < -0.39 is 16.1 Å². The van der Waals surface area contributed by atoms with E-state index in [2.05, 4.69) is 9.97 Å². The van der Waals surface area contributed by atoms with Gasteiger partial charge in [0.25, 0.3) is 0 Å². The number of imidazole rings is 1. The molecule has 0 saturated heterocycles.